The SMILES string of the molecule is [CH2]CN(CC)C(=O)c1ccccc1. The molecule has 2 heteroatoms. The van der Waals surface area contributed by atoms with Gasteiger partial charge in [-0.25, -0.2) is 0 Å². The van der Waals surface area contributed by atoms with E-state index in [0.717, 1.165) is 5.56 Å². The molecular weight excluding hydrogens is 162 g/mol. The highest BCUT2D eigenvalue weighted by Crippen LogP contribution is 2.03. The molecular formula is C11H14NO. The second-order valence-electron chi connectivity index (χ2n) is 2.75. The van der Waals surface area contributed by atoms with Crippen LogP contribution in [0.4, 0.5) is 0 Å². The van der Waals surface area contributed by atoms with Crippen molar-refractivity contribution >= 4 is 5.91 Å². The Balaban J connectivity index is 2.78. The molecule has 0 aliphatic heterocycles. The topological polar surface area (TPSA) is 20.3 Å². The lowest BCUT2D eigenvalue weighted by molar-refractivity contribution is 0.0781. The summed E-state index contributed by atoms with van der Waals surface area (Å²) in [5, 5.41) is 0. The predicted molar refractivity (Wildman–Crippen MR) is 53.4 cm³/mol. The minimum atomic E-state index is 0.0538. The van der Waals surface area contributed by atoms with Gasteiger partial charge in [0.25, 0.3) is 5.91 Å². The molecule has 2 nitrogen and oxygen atoms in total. The maximum Gasteiger partial charge on any atom is 0.253 e. The number of nitrogens with zero attached hydrogens (tertiary/aromatic N) is 1. The molecule has 1 amide bonds. The first-order valence-corrected chi connectivity index (χ1v) is 4.43. The van der Waals surface area contributed by atoms with Crippen LogP contribution in [0, 0.1) is 6.92 Å². The summed E-state index contributed by atoms with van der Waals surface area (Å²) < 4.78 is 0. The Bertz CT molecular complexity index is 265. The molecule has 0 atom stereocenters. The van der Waals surface area contributed by atoms with Crippen LogP contribution in [-0.4, -0.2) is 23.9 Å². The molecule has 0 saturated carbocycles. The molecule has 1 radical (unpaired) electrons. The summed E-state index contributed by atoms with van der Waals surface area (Å²) in [5.41, 5.74) is 0.730. The number of hydrogen-bond donors (Lipinski definition) is 0. The summed E-state index contributed by atoms with van der Waals surface area (Å²) in [6.45, 7) is 6.88. The lowest BCUT2D eigenvalue weighted by atomic mass is 10.2. The molecule has 0 bridgehead atoms. The average Bonchev–Trinajstić information content (AvgIpc) is 2.21. The molecule has 0 aliphatic rings. The first kappa shape index (κ1) is 9.78. The first-order valence-electron chi connectivity index (χ1n) is 4.43. The van der Waals surface area contributed by atoms with E-state index in [9.17, 15) is 4.79 Å². The van der Waals surface area contributed by atoms with Crippen molar-refractivity contribution in [2.45, 2.75) is 6.92 Å². The van der Waals surface area contributed by atoms with Gasteiger partial charge in [0.15, 0.2) is 0 Å². The zero-order valence-corrected chi connectivity index (χ0v) is 7.86. The van der Waals surface area contributed by atoms with E-state index in [4.69, 9.17) is 0 Å². The Hall–Kier alpha value is -1.31. The van der Waals surface area contributed by atoms with E-state index in [2.05, 4.69) is 6.92 Å². The van der Waals surface area contributed by atoms with Crippen LogP contribution in [-0.2, 0) is 0 Å². The summed E-state index contributed by atoms with van der Waals surface area (Å²) >= 11 is 0. The van der Waals surface area contributed by atoms with Gasteiger partial charge in [0, 0.05) is 18.7 Å². The largest absolute Gasteiger partial charge is 0.339 e. The number of hydrogen-bond acceptors (Lipinski definition) is 1. The maximum atomic E-state index is 11.7. The van der Waals surface area contributed by atoms with Crippen molar-refractivity contribution in [1.82, 2.24) is 4.90 Å². The van der Waals surface area contributed by atoms with Crippen molar-refractivity contribution in [3.05, 3.63) is 42.8 Å². The quantitative estimate of drug-likeness (QED) is 0.689. The Labute approximate surface area is 79.2 Å². The minimum Gasteiger partial charge on any atom is -0.339 e. The molecule has 0 aromatic heterocycles. The Kier molecular flexibility index (Phi) is 3.50. The van der Waals surface area contributed by atoms with Gasteiger partial charge in [0.1, 0.15) is 0 Å². The van der Waals surface area contributed by atoms with Crippen molar-refractivity contribution in [3.8, 4) is 0 Å². The number of rotatable bonds is 3. The van der Waals surface area contributed by atoms with Crippen molar-refractivity contribution < 1.29 is 4.79 Å². The Morgan fingerprint density at radius 1 is 1.38 bits per heavy atom. The van der Waals surface area contributed by atoms with Gasteiger partial charge >= 0.3 is 0 Å². The molecule has 0 unspecified atom stereocenters. The molecule has 0 fully saturated rings. The van der Waals surface area contributed by atoms with Crippen LogP contribution in [0.15, 0.2) is 30.3 Å². The molecule has 1 rings (SSSR count). The van der Waals surface area contributed by atoms with Crippen molar-refractivity contribution in [2.24, 2.45) is 0 Å². The average molecular weight is 176 g/mol. The van der Waals surface area contributed by atoms with E-state index in [1.54, 1.807) is 4.90 Å². The van der Waals surface area contributed by atoms with Crippen LogP contribution < -0.4 is 0 Å². The van der Waals surface area contributed by atoms with Crippen molar-refractivity contribution in [2.75, 3.05) is 13.1 Å². The van der Waals surface area contributed by atoms with Crippen LogP contribution in [0.2, 0.25) is 0 Å². The van der Waals surface area contributed by atoms with Gasteiger partial charge in [0.05, 0.1) is 0 Å². The lowest BCUT2D eigenvalue weighted by Gasteiger charge is -2.18. The zero-order chi connectivity index (χ0) is 9.68. The summed E-state index contributed by atoms with van der Waals surface area (Å²) in [7, 11) is 0. The summed E-state index contributed by atoms with van der Waals surface area (Å²) in [6, 6.07) is 9.27. The van der Waals surface area contributed by atoms with Crippen LogP contribution >= 0.6 is 0 Å². The minimum absolute atomic E-state index is 0.0538. The zero-order valence-electron chi connectivity index (χ0n) is 7.86. The summed E-state index contributed by atoms with van der Waals surface area (Å²) in [4.78, 5) is 13.4. The van der Waals surface area contributed by atoms with Crippen LogP contribution in [0.1, 0.15) is 17.3 Å². The van der Waals surface area contributed by atoms with E-state index >= 15 is 0 Å². The van der Waals surface area contributed by atoms with E-state index in [1.807, 2.05) is 37.3 Å². The monoisotopic (exact) mass is 176 g/mol. The highest BCUT2D eigenvalue weighted by molar-refractivity contribution is 5.94. The molecule has 0 aliphatic carbocycles. The van der Waals surface area contributed by atoms with Crippen LogP contribution in [0.5, 0.6) is 0 Å². The summed E-state index contributed by atoms with van der Waals surface area (Å²) in [6.07, 6.45) is 0. The van der Waals surface area contributed by atoms with E-state index in [1.165, 1.54) is 0 Å². The number of benzene rings is 1. The second-order valence-corrected chi connectivity index (χ2v) is 2.75. The first-order chi connectivity index (χ1) is 6.29. The van der Waals surface area contributed by atoms with Gasteiger partial charge in [-0.05, 0) is 26.0 Å². The highest BCUT2D eigenvalue weighted by atomic mass is 16.2. The number of carbonyl (C=O) groups excluding carboxylic acids is 1. The molecule has 69 valence electrons. The standard InChI is InChI=1S/C11H14NO/c1-3-12(4-2)11(13)10-8-6-5-7-9-10/h5-9H,1,3-4H2,2H3. The van der Waals surface area contributed by atoms with Crippen LogP contribution in [0.3, 0.4) is 0 Å². The number of amides is 1. The molecule has 0 N–H and O–H groups in total. The summed E-state index contributed by atoms with van der Waals surface area (Å²) in [5.74, 6) is 0.0538. The molecule has 1 aromatic carbocycles. The maximum absolute atomic E-state index is 11.7. The van der Waals surface area contributed by atoms with Crippen molar-refractivity contribution in [3.63, 3.8) is 0 Å². The van der Waals surface area contributed by atoms with Gasteiger partial charge in [-0.1, -0.05) is 18.2 Å². The number of carbonyl (C=O) groups is 1. The smallest absolute Gasteiger partial charge is 0.253 e. The van der Waals surface area contributed by atoms with Gasteiger partial charge < -0.3 is 4.90 Å². The highest BCUT2D eigenvalue weighted by Gasteiger charge is 2.10. The van der Waals surface area contributed by atoms with Gasteiger partial charge in [-0.3, -0.25) is 4.79 Å². The Morgan fingerprint density at radius 3 is 2.46 bits per heavy atom. The van der Waals surface area contributed by atoms with E-state index in [-0.39, 0.29) is 5.91 Å². The third-order valence-corrected chi connectivity index (χ3v) is 1.96. The van der Waals surface area contributed by atoms with Gasteiger partial charge in [-0.15, -0.1) is 0 Å². The normalized spacial score (nSPS) is 9.69. The molecule has 0 heterocycles. The third kappa shape index (κ3) is 2.31. The fourth-order valence-corrected chi connectivity index (χ4v) is 1.17. The Morgan fingerprint density at radius 2 is 2.00 bits per heavy atom. The van der Waals surface area contributed by atoms with E-state index in [0.29, 0.717) is 13.1 Å². The van der Waals surface area contributed by atoms with Gasteiger partial charge in [-0.2, -0.15) is 0 Å². The molecule has 0 spiro atoms. The lowest BCUT2D eigenvalue weighted by Crippen LogP contribution is -2.30. The van der Waals surface area contributed by atoms with Crippen LogP contribution in [0.25, 0.3) is 0 Å². The molecule has 13 heavy (non-hydrogen) atoms. The molecule has 1 aromatic rings. The predicted octanol–water partition coefficient (Wildman–Crippen LogP) is 1.98. The second kappa shape index (κ2) is 4.65. The molecule has 0 saturated heterocycles. The fourth-order valence-electron chi connectivity index (χ4n) is 1.17. The van der Waals surface area contributed by atoms with Crippen molar-refractivity contribution in [1.29, 1.82) is 0 Å². The van der Waals surface area contributed by atoms with E-state index < -0.39 is 0 Å². The van der Waals surface area contributed by atoms with Gasteiger partial charge in [0.2, 0.25) is 0 Å². The third-order valence-electron chi connectivity index (χ3n) is 1.96. The fraction of sp³-hybridized carbons (Fsp3) is 0.273.